The van der Waals surface area contributed by atoms with Crippen molar-refractivity contribution in [2.45, 2.75) is 18.4 Å². The van der Waals surface area contributed by atoms with Crippen LogP contribution in [-0.4, -0.2) is 40.0 Å². The maximum atomic E-state index is 12.7. The van der Waals surface area contributed by atoms with Crippen LogP contribution in [0.15, 0.2) is 42.6 Å². The standard InChI is InChI=1S/C22H20NO4S/c1-3-12-27-22(26)18-19(28-21-17(13(2)24)20(25)23(18)21)16-10-8-15(9-11-16)14-6-4-5-7-14/h3-11,13,17,21,24H,1,12H2,2H3/t13-,17+,21-/m1/s1. The predicted molar refractivity (Wildman–Crippen MR) is 107 cm³/mol. The zero-order chi connectivity index (χ0) is 19.8. The van der Waals surface area contributed by atoms with Gasteiger partial charge in [0.05, 0.1) is 12.0 Å². The first kappa shape index (κ1) is 19.3. The van der Waals surface area contributed by atoms with Crippen molar-refractivity contribution in [2.75, 3.05) is 6.61 Å². The van der Waals surface area contributed by atoms with Gasteiger partial charge in [-0.15, -0.1) is 0 Å². The van der Waals surface area contributed by atoms with Gasteiger partial charge in [-0.05, 0) is 43.7 Å². The van der Waals surface area contributed by atoms with Gasteiger partial charge in [-0.2, -0.15) is 0 Å². The van der Waals surface area contributed by atoms with Gasteiger partial charge < -0.3 is 9.84 Å². The second kappa shape index (κ2) is 7.76. The van der Waals surface area contributed by atoms with Crippen LogP contribution in [0.5, 0.6) is 0 Å². The minimum Gasteiger partial charge on any atom is -0.457 e. The van der Waals surface area contributed by atoms with Crippen molar-refractivity contribution in [1.29, 1.82) is 0 Å². The Bertz CT molecular complexity index is 823. The van der Waals surface area contributed by atoms with Gasteiger partial charge in [0.25, 0.3) is 0 Å². The molecule has 5 nitrogen and oxygen atoms in total. The summed E-state index contributed by atoms with van der Waals surface area (Å²) in [7, 11) is 0. The van der Waals surface area contributed by atoms with E-state index < -0.39 is 18.0 Å². The second-order valence-corrected chi connectivity index (χ2v) is 7.93. The van der Waals surface area contributed by atoms with Crippen LogP contribution in [0.1, 0.15) is 18.1 Å². The number of carbonyl (C=O) groups is 2. The average molecular weight is 394 g/mol. The molecule has 1 amide bonds. The van der Waals surface area contributed by atoms with Crippen LogP contribution in [0.2, 0.25) is 0 Å². The molecular weight excluding hydrogens is 374 g/mol. The number of ether oxygens (including phenoxy) is 1. The summed E-state index contributed by atoms with van der Waals surface area (Å²) in [5, 5.41) is 9.66. The van der Waals surface area contributed by atoms with E-state index in [0.29, 0.717) is 4.91 Å². The molecule has 1 aromatic carbocycles. The van der Waals surface area contributed by atoms with Gasteiger partial charge in [-0.25, -0.2) is 4.79 Å². The van der Waals surface area contributed by atoms with Crippen LogP contribution in [-0.2, 0) is 14.3 Å². The number of nitrogens with zero attached hydrogens (tertiary/aromatic N) is 1. The van der Waals surface area contributed by atoms with Crippen molar-refractivity contribution in [3.8, 4) is 0 Å². The van der Waals surface area contributed by atoms with Gasteiger partial charge in [0.2, 0.25) is 5.91 Å². The van der Waals surface area contributed by atoms with Gasteiger partial charge in [0, 0.05) is 10.8 Å². The molecule has 1 aliphatic carbocycles. The summed E-state index contributed by atoms with van der Waals surface area (Å²) in [4.78, 5) is 27.4. The average Bonchev–Trinajstić information content (AvgIpc) is 3.32. The smallest absolute Gasteiger partial charge is 0.356 e. The molecular formula is C22H20NO4S. The number of amides is 1. The number of fused-ring (bicyclic) bond motifs is 1. The molecule has 6 heteroatoms. The fraction of sp³-hybridized carbons (Fsp3) is 0.227. The Labute approximate surface area is 169 Å². The van der Waals surface area contributed by atoms with Gasteiger partial charge in [-0.1, -0.05) is 48.7 Å². The van der Waals surface area contributed by atoms with Crippen LogP contribution in [0.25, 0.3) is 4.91 Å². The number of hydrogen-bond acceptors (Lipinski definition) is 5. The van der Waals surface area contributed by atoms with Crippen molar-refractivity contribution in [3.05, 3.63) is 85.3 Å². The van der Waals surface area contributed by atoms with E-state index >= 15 is 0 Å². The van der Waals surface area contributed by atoms with E-state index in [-0.39, 0.29) is 23.6 Å². The number of aliphatic hydroxyl groups excluding tert-OH is 1. The first-order valence-corrected chi connectivity index (χ1v) is 9.93. The highest BCUT2D eigenvalue weighted by molar-refractivity contribution is 8.09. The fourth-order valence-electron chi connectivity index (χ4n) is 3.56. The molecule has 143 valence electrons. The van der Waals surface area contributed by atoms with Gasteiger partial charge in [0.15, 0.2) is 0 Å². The summed E-state index contributed by atoms with van der Waals surface area (Å²) in [6.07, 6.45) is 8.76. The molecule has 1 saturated heterocycles. The van der Waals surface area contributed by atoms with E-state index in [2.05, 4.69) is 6.58 Å². The molecule has 2 heterocycles. The second-order valence-electron chi connectivity index (χ2n) is 6.80. The summed E-state index contributed by atoms with van der Waals surface area (Å²) >= 11 is 1.42. The lowest BCUT2D eigenvalue weighted by atomic mass is 9.92. The third kappa shape index (κ3) is 3.18. The molecule has 1 aromatic rings. The van der Waals surface area contributed by atoms with E-state index in [9.17, 15) is 14.7 Å². The van der Waals surface area contributed by atoms with Crippen LogP contribution >= 0.6 is 11.8 Å². The maximum absolute atomic E-state index is 12.7. The largest absolute Gasteiger partial charge is 0.457 e. The molecule has 28 heavy (non-hydrogen) atoms. The van der Waals surface area contributed by atoms with Crippen LogP contribution in [0.4, 0.5) is 0 Å². The molecule has 0 aromatic heterocycles. The van der Waals surface area contributed by atoms with Crippen LogP contribution < -0.4 is 0 Å². The number of hydrogen-bond donors (Lipinski definition) is 1. The van der Waals surface area contributed by atoms with Crippen LogP contribution in [0.3, 0.4) is 0 Å². The van der Waals surface area contributed by atoms with E-state index in [1.165, 1.54) is 22.7 Å². The summed E-state index contributed by atoms with van der Waals surface area (Å²) in [6.45, 7) is 5.23. The Morgan fingerprint density at radius 3 is 2.54 bits per heavy atom. The fourth-order valence-corrected chi connectivity index (χ4v) is 5.17. The SMILES string of the molecule is C=CCOC(=O)C1=C(c2ccc([C]3[CH][CH][CH][CH]3)cc2)S[C@@H]2[C@@H]([C@@H](C)O)C(=O)N12. The molecule has 0 unspecified atom stereocenters. The molecule has 0 spiro atoms. The van der Waals surface area contributed by atoms with Crippen molar-refractivity contribution in [3.63, 3.8) is 0 Å². The summed E-state index contributed by atoms with van der Waals surface area (Å²) in [5.74, 6) is -0.199. The molecule has 4 rings (SSSR count). The zero-order valence-corrected chi connectivity index (χ0v) is 16.2. The number of benzene rings is 1. The lowest BCUT2D eigenvalue weighted by Crippen LogP contribution is -2.60. The Morgan fingerprint density at radius 2 is 1.93 bits per heavy atom. The van der Waals surface area contributed by atoms with Crippen molar-refractivity contribution >= 4 is 28.5 Å². The van der Waals surface area contributed by atoms with E-state index in [1.807, 2.05) is 49.9 Å². The van der Waals surface area contributed by atoms with Gasteiger partial charge >= 0.3 is 5.97 Å². The first-order chi connectivity index (χ1) is 13.5. The number of β-lactam (4-membered cyclic amide) rings is 1. The van der Waals surface area contributed by atoms with E-state index in [1.54, 1.807) is 6.92 Å². The lowest BCUT2D eigenvalue weighted by molar-refractivity contribution is -0.157. The Hall–Kier alpha value is -2.05. The highest BCUT2D eigenvalue weighted by Gasteiger charge is 2.58. The molecule has 1 N–H and O–H groups in total. The van der Waals surface area contributed by atoms with Crippen molar-refractivity contribution in [1.82, 2.24) is 4.90 Å². The molecule has 3 atom stereocenters. The third-order valence-corrected chi connectivity index (χ3v) is 6.38. The predicted octanol–water partition coefficient (Wildman–Crippen LogP) is 2.75. The van der Waals surface area contributed by atoms with Crippen molar-refractivity contribution in [2.24, 2.45) is 5.92 Å². The number of thioether (sulfide) groups is 1. The molecule has 5 radical (unpaired) electrons. The quantitative estimate of drug-likeness (QED) is 0.457. The minimum absolute atomic E-state index is 0.0722. The molecule has 1 saturated carbocycles. The van der Waals surface area contributed by atoms with Gasteiger partial charge in [-0.3, -0.25) is 9.69 Å². The Morgan fingerprint density at radius 1 is 1.29 bits per heavy atom. The van der Waals surface area contributed by atoms with E-state index in [4.69, 9.17) is 4.74 Å². The zero-order valence-electron chi connectivity index (χ0n) is 15.4. The number of aliphatic hydroxyl groups is 1. The lowest BCUT2D eigenvalue weighted by Gasteiger charge is -2.43. The summed E-state index contributed by atoms with van der Waals surface area (Å²) in [5.41, 5.74) is 2.17. The topological polar surface area (TPSA) is 66.8 Å². The van der Waals surface area contributed by atoms with Crippen LogP contribution in [0, 0.1) is 37.5 Å². The van der Waals surface area contributed by atoms with E-state index in [0.717, 1.165) is 17.0 Å². The summed E-state index contributed by atoms with van der Waals surface area (Å²) < 4.78 is 5.22. The number of esters is 1. The monoisotopic (exact) mass is 394 g/mol. The minimum atomic E-state index is -0.772. The maximum Gasteiger partial charge on any atom is 0.356 e. The van der Waals surface area contributed by atoms with Crippen molar-refractivity contribution < 1.29 is 19.4 Å². The first-order valence-electron chi connectivity index (χ1n) is 9.05. The third-order valence-electron chi connectivity index (χ3n) is 4.97. The normalized spacial score (nSPS) is 25.5. The highest BCUT2D eigenvalue weighted by atomic mass is 32.2. The highest BCUT2D eigenvalue weighted by Crippen LogP contribution is 2.54. The molecule has 2 aliphatic heterocycles. The van der Waals surface area contributed by atoms with Gasteiger partial charge in [0.1, 0.15) is 17.7 Å². The molecule has 3 aliphatic rings. The Kier molecular flexibility index (Phi) is 5.34. The number of carbonyl (C=O) groups excluding carboxylic acids is 2. The number of rotatable bonds is 6. The summed E-state index contributed by atoms with van der Waals surface area (Å²) in [6, 6.07) is 7.88. The molecule has 0 bridgehead atoms. The Balaban J connectivity index is 1.65. The molecule has 2 fully saturated rings.